The molecule has 0 heterocycles. The van der Waals surface area contributed by atoms with Crippen molar-refractivity contribution in [2.75, 3.05) is 0 Å². The van der Waals surface area contributed by atoms with Crippen molar-refractivity contribution in [2.45, 2.75) is 13.8 Å². The van der Waals surface area contributed by atoms with Crippen LogP contribution in [0.4, 0.5) is 0 Å². The Kier molecular flexibility index (Phi) is 23.3. The summed E-state index contributed by atoms with van der Waals surface area (Å²) in [6.45, 7) is 8.95. The first-order valence-corrected chi connectivity index (χ1v) is 3.02. The van der Waals surface area contributed by atoms with E-state index >= 15 is 0 Å². The van der Waals surface area contributed by atoms with Crippen LogP contribution < -0.4 is 10.2 Å². The molecule has 0 aromatic carbocycles. The molecule has 14 heavy (non-hydrogen) atoms. The zero-order valence-corrected chi connectivity index (χ0v) is 8.61. The van der Waals surface area contributed by atoms with Crippen molar-refractivity contribution in [1.82, 2.24) is 0 Å². The molecule has 0 amide bonds. The minimum atomic E-state index is -1.19. The molecule has 0 unspecified atom stereocenters. The average Bonchev–Trinajstić information content (AvgIpc) is 1.88. The number of carbonyl (C=O) groups excluding carboxylic acids is 2. The SMILES string of the molecule is C=C(C)C(=O)[O-].C=C(C)C(=O)[O-].[KH].[Mn+2]. The van der Waals surface area contributed by atoms with Crippen molar-refractivity contribution < 1.29 is 36.9 Å². The van der Waals surface area contributed by atoms with E-state index in [1.807, 2.05) is 0 Å². The maximum Gasteiger partial charge on any atom is 2.00 e. The maximum absolute atomic E-state index is 9.49. The van der Waals surface area contributed by atoms with Crippen LogP contribution in [-0.2, 0) is 26.7 Å². The van der Waals surface area contributed by atoms with Crippen molar-refractivity contribution in [1.29, 1.82) is 0 Å². The Hall–Kier alpha value is 0.576. The summed E-state index contributed by atoms with van der Waals surface area (Å²) in [7, 11) is 0. The van der Waals surface area contributed by atoms with Crippen LogP contribution in [0.3, 0.4) is 0 Å². The van der Waals surface area contributed by atoms with Gasteiger partial charge in [-0.25, -0.2) is 0 Å². The Morgan fingerprint density at radius 3 is 1.00 bits per heavy atom. The van der Waals surface area contributed by atoms with Gasteiger partial charge in [0.25, 0.3) is 0 Å². The Labute approximate surface area is 136 Å². The maximum atomic E-state index is 9.49. The molecule has 0 atom stereocenters. The monoisotopic (exact) mass is 265 g/mol. The molecular formula is C8H11KMnO4. The van der Waals surface area contributed by atoms with Crippen molar-refractivity contribution >= 4 is 63.3 Å². The summed E-state index contributed by atoms with van der Waals surface area (Å²) in [5.41, 5.74) is 0.130. The summed E-state index contributed by atoms with van der Waals surface area (Å²) in [5.74, 6) is -2.37. The molecule has 75 valence electrons. The molecule has 0 saturated carbocycles. The van der Waals surface area contributed by atoms with E-state index in [2.05, 4.69) is 13.2 Å². The fraction of sp³-hybridized carbons (Fsp3) is 0.250. The van der Waals surface area contributed by atoms with Crippen LogP contribution in [-0.4, -0.2) is 63.3 Å². The first-order chi connectivity index (χ1) is 5.29. The van der Waals surface area contributed by atoms with Crippen LogP contribution >= 0.6 is 0 Å². The quantitative estimate of drug-likeness (QED) is 0.426. The summed E-state index contributed by atoms with van der Waals surface area (Å²) in [6.07, 6.45) is 0. The predicted molar refractivity (Wildman–Crippen MR) is 46.8 cm³/mol. The van der Waals surface area contributed by atoms with Crippen molar-refractivity contribution in [3.8, 4) is 0 Å². The van der Waals surface area contributed by atoms with E-state index in [1.54, 1.807) is 0 Å². The zero-order chi connectivity index (χ0) is 10.3. The standard InChI is InChI=1S/2C4H6O2.K.Mn.H/c2*1-3(2)4(5)6;;;/h2*1H2,2H3,(H,5,6);;;/q;;;+2;/p-2. The van der Waals surface area contributed by atoms with Gasteiger partial charge in [-0.1, -0.05) is 13.2 Å². The molecule has 6 heteroatoms. The Bertz CT molecular complexity index is 177. The van der Waals surface area contributed by atoms with Crippen LogP contribution in [0.5, 0.6) is 0 Å². The molecule has 0 aromatic rings. The average molecular weight is 265 g/mol. The first kappa shape index (κ1) is 24.0. The third kappa shape index (κ3) is 22.9. The molecule has 4 nitrogen and oxygen atoms in total. The summed E-state index contributed by atoms with van der Waals surface area (Å²) < 4.78 is 0. The number of carboxylic acid groups (broad SMARTS) is 2. The van der Waals surface area contributed by atoms with Gasteiger partial charge in [0.05, 0.1) is 11.9 Å². The van der Waals surface area contributed by atoms with E-state index in [1.165, 1.54) is 13.8 Å². The van der Waals surface area contributed by atoms with E-state index in [-0.39, 0.29) is 79.6 Å². The number of hydrogen-bond acceptors (Lipinski definition) is 4. The minimum absolute atomic E-state index is 0. The summed E-state index contributed by atoms with van der Waals surface area (Å²) in [6, 6.07) is 0. The van der Waals surface area contributed by atoms with Gasteiger partial charge >= 0.3 is 68.5 Å². The molecule has 0 aliphatic carbocycles. The second kappa shape index (κ2) is 13.6. The fourth-order valence-electron chi connectivity index (χ4n) is 0. The summed E-state index contributed by atoms with van der Waals surface area (Å²) in [4.78, 5) is 19.0. The molecule has 0 aliphatic rings. The van der Waals surface area contributed by atoms with Crippen LogP contribution in [0.1, 0.15) is 13.8 Å². The third-order valence-electron chi connectivity index (χ3n) is 0.697. The molecule has 0 aliphatic heterocycles. The van der Waals surface area contributed by atoms with Crippen molar-refractivity contribution in [3.63, 3.8) is 0 Å². The molecule has 0 fully saturated rings. The van der Waals surface area contributed by atoms with Gasteiger partial charge in [-0.3, -0.25) is 0 Å². The molecule has 0 saturated heterocycles. The van der Waals surface area contributed by atoms with Gasteiger partial charge in [0.1, 0.15) is 0 Å². The zero-order valence-electron chi connectivity index (χ0n) is 7.43. The molecule has 0 spiro atoms. The fourth-order valence-corrected chi connectivity index (χ4v) is 0. The van der Waals surface area contributed by atoms with Crippen LogP contribution in [0.2, 0.25) is 0 Å². The first-order valence-electron chi connectivity index (χ1n) is 3.02. The smallest absolute Gasteiger partial charge is 2.00 e. The van der Waals surface area contributed by atoms with Crippen LogP contribution in [0.15, 0.2) is 24.3 Å². The molecule has 0 N–H and O–H groups in total. The molecule has 0 aromatic heterocycles. The van der Waals surface area contributed by atoms with Crippen molar-refractivity contribution in [2.24, 2.45) is 0 Å². The van der Waals surface area contributed by atoms with Gasteiger partial charge in [0, 0.05) is 0 Å². The van der Waals surface area contributed by atoms with E-state index in [4.69, 9.17) is 0 Å². The molecule has 1 radical (unpaired) electrons. The largest absolute Gasteiger partial charge is 2.00 e. The van der Waals surface area contributed by atoms with Crippen LogP contribution in [0, 0.1) is 0 Å². The number of hydrogen-bond donors (Lipinski definition) is 0. The third-order valence-corrected chi connectivity index (χ3v) is 0.697. The molecular weight excluding hydrogens is 254 g/mol. The van der Waals surface area contributed by atoms with Gasteiger partial charge in [-0.05, 0) is 25.0 Å². The number of rotatable bonds is 2. The topological polar surface area (TPSA) is 80.3 Å². The van der Waals surface area contributed by atoms with Gasteiger partial charge < -0.3 is 19.8 Å². The number of aliphatic carboxylic acids is 2. The van der Waals surface area contributed by atoms with Gasteiger partial charge in [-0.15, -0.1) is 0 Å². The molecule has 0 rings (SSSR count). The number of carboxylic acids is 2. The Morgan fingerprint density at radius 2 is 1.00 bits per heavy atom. The minimum Gasteiger partial charge on any atom is 2.00 e. The van der Waals surface area contributed by atoms with Crippen molar-refractivity contribution in [3.05, 3.63) is 24.3 Å². The predicted octanol–water partition coefficient (Wildman–Crippen LogP) is -2.03. The van der Waals surface area contributed by atoms with Gasteiger partial charge in [0.15, 0.2) is 0 Å². The van der Waals surface area contributed by atoms with E-state index in [0.717, 1.165) is 0 Å². The summed E-state index contributed by atoms with van der Waals surface area (Å²) in [5, 5.41) is 19.0. The van der Waals surface area contributed by atoms with Gasteiger partial charge in [-0.2, -0.15) is 0 Å². The normalized spacial score (nSPS) is 6.43. The van der Waals surface area contributed by atoms with Crippen LogP contribution in [0.25, 0.3) is 0 Å². The second-order valence-electron chi connectivity index (χ2n) is 2.14. The Balaban J connectivity index is -0.0000000625. The number of carbonyl (C=O) groups is 2. The molecule has 0 bridgehead atoms. The van der Waals surface area contributed by atoms with Gasteiger partial charge in [0.2, 0.25) is 0 Å². The van der Waals surface area contributed by atoms with E-state index in [9.17, 15) is 19.8 Å². The van der Waals surface area contributed by atoms with E-state index < -0.39 is 11.9 Å². The second-order valence-corrected chi connectivity index (χ2v) is 2.14. The Morgan fingerprint density at radius 1 is 0.929 bits per heavy atom. The van der Waals surface area contributed by atoms with E-state index in [0.29, 0.717) is 0 Å². The summed E-state index contributed by atoms with van der Waals surface area (Å²) >= 11 is 0.